The number of amides is 1. The number of hydrogen-bond acceptors (Lipinski definition) is 4. The Balaban J connectivity index is 1.76. The molecule has 6 heteroatoms. The number of carbonyl (C=O) groups excluding carboxylic acids is 1. The maximum Gasteiger partial charge on any atom is 0.271 e. The van der Waals surface area contributed by atoms with Crippen molar-refractivity contribution in [1.82, 2.24) is 15.3 Å². The summed E-state index contributed by atoms with van der Waals surface area (Å²) >= 11 is 3.40. The van der Waals surface area contributed by atoms with Crippen LogP contribution >= 0.6 is 15.9 Å². The highest BCUT2D eigenvalue weighted by Crippen LogP contribution is 2.21. The number of anilines is 1. The van der Waals surface area contributed by atoms with Crippen molar-refractivity contribution < 1.29 is 4.79 Å². The Bertz CT molecular complexity index is 701. The molecule has 1 atom stereocenters. The Morgan fingerprint density at radius 1 is 1.21 bits per heavy atom. The largest absolute Gasteiger partial charge is 0.344 e. The zero-order valence-electron chi connectivity index (χ0n) is 13.7. The minimum atomic E-state index is -0.195. The van der Waals surface area contributed by atoms with E-state index in [4.69, 9.17) is 0 Å². The van der Waals surface area contributed by atoms with Gasteiger partial charge in [-0.2, -0.15) is 0 Å². The Morgan fingerprint density at radius 2 is 1.92 bits per heavy atom. The molecule has 1 unspecified atom stereocenters. The molecule has 0 saturated carbocycles. The summed E-state index contributed by atoms with van der Waals surface area (Å²) in [4.78, 5) is 23.6. The number of benzene rings is 1. The van der Waals surface area contributed by atoms with Crippen LogP contribution in [0.15, 0.2) is 41.0 Å². The summed E-state index contributed by atoms with van der Waals surface area (Å²) in [5, 5.41) is 3.01. The lowest BCUT2D eigenvalue weighted by Crippen LogP contribution is -2.33. The van der Waals surface area contributed by atoms with Crippen LogP contribution in [-0.2, 0) is 0 Å². The van der Waals surface area contributed by atoms with E-state index in [1.165, 1.54) is 6.42 Å². The van der Waals surface area contributed by atoms with Gasteiger partial charge in [-0.15, -0.1) is 0 Å². The number of halogens is 1. The molecule has 5 nitrogen and oxygen atoms in total. The van der Waals surface area contributed by atoms with Gasteiger partial charge in [-0.3, -0.25) is 4.79 Å². The van der Waals surface area contributed by atoms with Gasteiger partial charge in [-0.1, -0.05) is 30.3 Å². The Morgan fingerprint density at radius 3 is 2.62 bits per heavy atom. The van der Waals surface area contributed by atoms with Crippen LogP contribution in [0.25, 0.3) is 0 Å². The average molecular weight is 389 g/mol. The minimum Gasteiger partial charge on any atom is -0.344 e. The van der Waals surface area contributed by atoms with Crippen LogP contribution in [0, 0.1) is 0 Å². The Hall–Kier alpha value is -1.95. The quantitative estimate of drug-likeness (QED) is 0.866. The van der Waals surface area contributed by atoms with Crippen LogP contribution in [0.3, 0.4) is 0 Å². The number of carbonyl (C=O) groups is 1. The van der Waals surface area contributed by atoms with Gasteiger partial charge in [0.2, 0.25) is 5.95 Å². The van der Waals surface area contributed by atoms with E-state index < -0.39 is 0 Å². The number of nitrogens with one attached hydrogen (secondary N) is 1. The number of hydrogen-bond donors (Lipinski definition) is 1. The van der Waals surface area contributed by atoms with Crippen molar-refractivity contribution in [1.29, 1.82) is 0 Å². The molecule has 1 aromatic carbocycles. The lowest BCUT2D eigenvalue weighted by molar-refractivity contribution is 0.0934. The highest BCUT2D eigenvalue weighted by molar-refractivity contribution is 9.10. The summed E-state index contributed by atoms with van der Waals surface area (Å²) in [5.74, 6) is 0.439. The summed E-state index contributed by atoms with van der Waals surface area (Å²) in [5.41, 5.74) is 1.45. The van der Waals surface area contributed by atoms with Crippen molar-refractivity contribution in [3.8, 4) is 0 Å². The van der Waals surface area contributed by atoms with Crippen molar-refractivity contribution >= 4 is 27.8 Å². The van der Waals surface area contributed by atoms with Crippen LogP contribution in [-0.4, -0.2) is 29.0 Å². The molecule has 3 rings (SSSR count). The van der Waals surface area contributed by atoms with Gasteiger partial charge in [-0.05, 0) is 47.7 Å². The molecule has 1 fully saturated rings. The number of piperidine rings is 1. The molecule has 126 valence electrons. The maximum absolute atomic E-state index is 12.6. The monoisotopic (exact) mass is 388 g/mol. The molecule has 2 aromatic rings. The predicted molar refractivity (Wildman–Crippen MR) is 98.1 cm³/mol. The Labute approximate surface area is 150 Å². The Kier molecular flexibility index (Phi) is 5.45. The summed E-state index contributed by atoms with van der Waals surface area (Å²) in [6.07, 6.45) is 5.20. The highest BCUT2D eigenvalue weighted by Gasteiger charge is 2.20. The van der Waals surface area contributed by atoms with Gasteiger partial charge in [0.1, 0.15) is 5.69 Å². The van der Waals surface area contributed by atoms with E-state index in [1.54, 1.807) is 6.20 Å². The first-order valence-corrected chi connectivity index (χ1v) is 9.08. The molecule has 1 aromatic heterocycles. The van der Waals surface area contributed by atoms with Gasteiger partial charge < -0.3 is 10.2 Å². The molecule has 1 aliphatic heterocycles. The SMILES string of the molecule is CC(NC(=O)c1nc(N2CCCCC2)ncc1Br)c1ccccc1. The summed E-state index contributed by atoms with van der Waals surface area (Å²) < 4.78 is 0.612. The van der Waals surface area contributed by atoms with E-state index >= 15 is 0 Å². The van der Waals surface area contributed by atoms with E-state index in [-0.39, 0.29) is 11.9 Å². The van der Waals surface area contributed by atoms with Gasteiger partial charge in [-0.25, -0.2) is 9.97 Å². The van der Waals surface area contributed by atoms with Gasteiger partial charge >= 0.3 is 0 Å². The van der Waals surface area contributed by atoms with Crippen LogP contribution in [0.2, 0.25) is 0 Å². The smallest absolute Gasteiger partial charge is 0.271 e. The zero-order chi connectivity index (χ0) is 16.9. The van der Waals surface area contributed by atoms with Gasteiger partial charge in [0.25, 0.3) is 5.91 Å². The van der Waals surface area contributed by atoms with Crippen molar-refractivity contribution in [3.63, 3.8) is 0 Å². The van der Waals surface area contributed by atoms with Crippen LogP contribution in [0.5, 0.6) is 0 Å². The van der Waals surface area contributed by atoms with E-state index in [9.17, 15) is 4.79 Å². The molecule has 1 amide bonds. The second kappa shape index (κ2) is 7.75. The molecule has 1 saturated heterocycles. The summed E-state index contributed by atoms with van der Waals surface area (Å²) in [6.45, 7) is 3.86. The molecular weight excluding hydrogens is 368 g/mol. The lowest BCUT2D eigenvalue weighted by atomic mass is 10.1. The fraction of sp³-hybridized carbons (Fsp3) is 0.389. The highest BCUT2D eigenvalue weighted by atomic mass is 79.9. The van der Waals surface area contributed by atoms with Crippen LogP contribution in [0.4, 0.5) is 5.95 Å². The van der Waals surface area contributed by atoms with Crippen molar-refractivity contribution in [2.45, 2.75) is 32.2 Å². The third-order valence-electron chi connectivity index (χ3n) is 4.23. The number of nitrogens with zero attached hydrogens (tertiary/aromatic N) is 3. The number of rotatable bonds is 4. The number of aromatic nitrogens is 2. The first kappa shape index (κ1) is 16.9. The molecule has 1 N–H and O–H groups in total. The molecule has 0 spiro atoms. The molecule has 0 bridgehead atoms. The fourth-order valence-corrected chi connectivity index (χ4v) is 3.22. The minimum absolute atomic E-state index is 0.0843. The van der Waals surface area contributed by atoms with Crippen LogP contribution in [0.1, 0.15) is 48.3 Å². The molecule has 0 aliphatic carbocycles. The topological polar surface area (TPSA) is 58.1 Å². The fourth-order valence-electron chi connectivity index (χ4n) is 2.85. The van der Waals surface area contributed by atoms with E-state index in [2.05, 4.69) is 36.1 Å². The van der Waals surface area contributed by atoms with Crippen molar-refractivity contribution in [3.05, 3.63) is 52.3 Å². The van der Waals surface area contributed by atoms with Crippen LogP contribution < -0.4 is 10.2 Å². The van der Waals surface area contributed by atoms with E-state index in [1.807, 2.05) is 37.3 Å². The molecule has 24 heavy (non-hydrogen) atoms. The standard InChI is InChI=1S/C18H21BrN4O/c1-13(14-8-4-2-5-9-14)21-17(24)16-15(19)12-20-18(22-16)23-10-6-3-7-11-23/h2,4-5,8-9,12-13H,3,6-7,10-11H2,1H3,(H,21,24). The molecular formula is C18H21BrN4O. The van der Waals surface area contributed by atoms with Crippen molar-refractivity contribution in [2.24, 2.45) is 0 Å². The average Bonchev–Trinajstić information content (AvgIpc) is 2.63. The summed E-state index contributed by atoms with van der Waals surface area (Å²) in [7, 11) is 0. The molecule has 2 heterocycles. The van der Waals surface area contributed by atoms with Gasteiger partial charge in [0.15, 0.2) is 0 Å². The van der Waals surface area contributed by atoms with E-state index in [0.717, 1.165) is 31.5 Å². The third kappa shape index (κ3) is 3.93. The third-order valence-corrected chi connectivity index (χ3v) is 4.81. The molecule has 1 aliphatic rings. The van der Waals surface area contributed by atoms with Crippen molar-refractivity contribution in [2.75, 3.05) is 18.0 Å². The second-order valence-corrected chi connectivity index (χ2v) is 6.87. The molecule has 0 radical (unpaired) electrons. The summed E-state index contributed by atoms with van der Waals surface area (Å²) in [6, 6.07) is 9.81. The lowest BCUT2D eigenvalue weighted by Gasteiger charge is -2.26. The normalized spacial score (nSPS) is 15.8. The first-order valence-electron chi connectivity index (χ1n) is 8.28. The predicted octanol–water partition coefficient (Wildman–Crippen LogP) is 3.72. The van der Waals surface area contributed by atoms with E-state index in [0.29, 0.717) is 16.1 Å². The first-order chi connectivity index (χ1) is 11.6. The zero-order valence-corrected chi connectivity index (χ0v) is 15.3. The maximum atomic E-state index is 12.6. The van der Waals surface area contributed by atoms with Gasteiger partial charge in [0.05, 0.1) is 10.5 Å². The van der Waals surface area contributed by atoms with Gasteiger partial charge in [0, 0.05) is 19.3 Å². The second-order valence-electron chi connectivity index (χ2n) is 6.02.